The van der Waals surface area contributed by atoms with Crippen molar-refractivity contribution in [2.24, 2.45) is 0 Å². The van der Waals surface area contributed by atoms with E-state index in [1.54, 1.807) is 30.3 Å². The van der Waals surface area contributed by atoms with Gasteiger partial charge < -0.3 is 10.1 Å². The van der Waals surface area contributed by atoms with Gasteiger partial charge in [-0.2, -0.15) is 5.26 Å². The number of aryl methyl sites for hydroxylation is 2. The summed E-state index contributed by atoms with van der Waals surface area (Å²) in [5, 5.41) is 13.3. The Morgan fingerprint density at radius 3 is 2.35 bits per heavy atom. The molecule has 1 amide bonds. The molecule has 0 fully saturated rings. The maximum atomic E-state index is 12.5. The number of rotatable bonds is 6. The molecule has 0 aromatic heterocycles. The molecule has 0 saturated carbocycles. The lowest BCUT2D eigenvalue weighted by Gasteiger charge is -2.14. The van der Waals surface area contributed by atoms with Gasteiger partial charge in [-0.15, -0.1) is 0 Å². The van der Waals surface area contributed by atoms with E-state index in [0.29, 0.717) is 22.3 Å². The first-order valence-corrected chi connectivity index (χ1v) is 10.3. The highest BCUT2D eigenvalue weighted by Gasteiger charge is 2.12. The van der Waals surface area contributed by atoms with Crippen LogP contribution in [0.25, 0.3) is 6.08 Å². The Labute approximate surface area is 191 Å². The Hall–Kier alpha value is -3.26. The molecule has 0 saturated heterocycles. The van der Waals surface area contributed by atoms with Crippen molar-refractivity contribution in [3.8, 4) is 11.8 Å². The standard InChI is InChI=1S/C25H20Cl2N2O2/c1-16-10-18(12-20(14-28)25(30)29-22-6-4-3-5-7-22)11-17(2)24(16)31-15-19-8-9-21(26)13-23(19)27/h3-13H,15H2,1-2H3,(H,29,30)/b20-12+. The van der Waals surface area contributed by atoms with Crippen molar-refractivity contribution in [1.29, 1.82) is 5.26 Å². The molecule has 0 spiro atoms. The van der Waals surface area contributed by atoms with Crippen LogP contribution in [0.4, 0.5) is 5.69 Å². The lowest BCUT2D eigenvalue weighted by atomic mass is 10.0. The summed E-state index contributed by atoms with van der Waals surface area (Å²) in [7, 11) is 0. The molecule has 0 aliphatic heterocycles. The molecule has 0 aliphatic rings. The van der Waals surface area contributed by atoms with E-state index in [1.807, 2.05) is 56.3 Å². The Morgan fingerprint density at radius 1 is 1.06 bits per heavy atom. The normalized spacial score (nSPS) is 11.0. The van der Waals surface area contributed by atoms with Gasteiger partial charge in [0.05, 0.1) is 0 Å². The molecule has 0 radical (unpaired) electrons. The Bertz CT molecular complexity index is 1160. The van der Waals surface area contributed by atoms with Crippen molar-refractivity contribution in [2.45, 2.75) is 20.5 Å². The molecule has 31 heavy (non-hydrogen) atoms. The highest BCUT2D eigenvalue weighted by Crippen LogP contribution is 2.28. The van der Waals surface area contributed by atoms with Crippen LogP contribution in [-0.2, 0) is 11.4 Å². The number of halogens is 2. The average molecular weight is 451 g/mol. The summed E-state index contributed by atoms with van der Waals surface area (Å²) >= 11 is 12.2. The molecule has 6 heteroatoms. The predicted molar refractivity (Wildman–Crippen MR) is 125 cm³/mol. The fourth-order valence-electron chi connectivity index (χ4n) is 3.12. The van der Waals surface area contributed by atoms with Crippen molar-refractivity contribution in [3.63, 3.8) is 0 Å². The van der Waals surface area contributed by atoms with Crippen LogP contribution in [0, 0.1) is 25.2 Å². The third-order valence-electron chi connectivity index (χ3n) is 4.58. The van der Waals surface area contributed by atoms with Crippen LogP contribution in [0.15, 0.2) is 66.2 Å². The first-order chi connectivity index (χ1) is 14.9. The number of carbonyl (C=O) groups excluding carboxylic acids is 1. The van der Waals surface area contributed by atoms with Crippen LogP contribution in [0.3, 0.4) is 0 Å². The molecule has 3 rings (SSSR count). The van der Waals surface area contributed by atoms with Crippen LogP contribution < -0.4 is 10.1 Å². The monoisotopic (exact) mass is 450 g/mol. The number of carbonyl (C=O) groups is 1. The van der Waals surface area contributed by atoms with Gasteiger partial charge in [-0.25, -0.2) is 0 Å². The van der Waals surface area contributed by atoms with Gasteiger partial charge in [-0.1, -0.05) is 47.5 Å². The van der Waals surface area contributed by atoms with E-state index in [0.717, 1.165) is 28.0 Å². The molecule has 4 nitrogen and oxygen atoms in total. The second kappa shape index (κ2) is 10.2. The number of benzene rings is 3. The zero-order valence-corrected chi connectivity index (χ0v) is 18.6. The topological polar surface area (TPSA) is 62.1 Å². The number of hydrogen-bond acceptors (Lipinski definition) is 3. The van der Waals surface area contributed by atoms with Gasteiger partial charge in [0.2, 0.25) is 0 Å². The number of ether oxygens (including phenoxy) is 1. The number of nitriles is 1. The zero-order valence-electron chi connectivity index (χ0n) is 17.1. The molecule has 0 atom stereocenters. The number of amides is 1. The summed E-state index contributed by atoms with van der Waals surface area (Å²) in [6.45, 7) is 4.13. The van der Waals surface area contributed by atoms with Crippen molar-refractivity contribution in [1.82, 2.24) is 0 Å². The van der Waals surface area contributed by atoms with Gasteiger partial charge in [0, 0.05) is 21.3 Å². The quantitative estimate of drug-likeness (QED) is 0.334. The van der Waals surface area contributed by atoms with E-state index < -0.39 is 5.91 Å². The molecule has 0 aliphatic carbocycles. The van der Waals surface area contributed by atoms with E-state index in [9.17, 15) is 10.1 Å². The van der Waals surface area contributed by atoms with Crippen LogP contribution in [-0.4, -0.2) is 5.91 Å². The van der Waals surface area contributed by atoms with E-state index >= 15 is 0 Å². The Morgan fingerprint density at radius 2 is 1.74 bits per heavy atom. The third kappa shape index (κ3) is 5.88. The lowest BCUT2D eigenvalue weighted by molar-refractivity contribution is -0.112. The van der Waals surface area contributed by atoms with E-state index in [1.165, 1.54) is 0 Å². The van der Waals surface area contributed by atoms with Crippen LogP contribution >= 0.6 is 23.2 Å². The summed E-state index contributed by atoms with van der Waals surface area (Å²) in [5.74, 6) is 0.275. The first-order valence-electron chi connectivity index (χ1n) is 9.53. The number of nitrogens with one attached hydrogen (secondary N) is 1. The predicted octanol–water partition coefficient (Wildman–Crippen LogP) is 6.73. The Balaban J connectivity index is 1.78. The molecule has 3 aromatic rings. The summed E-state index contributed by atoms with van der Waals surface area (Å²) in [4.78, 5) is 12.5. The van der Waals surface area contributed by atoms with Gasteiger partial charge in [0.1, 0.15) is 24.0 Å². The molecule has 0 bridgehead atoms. The second-order valence-corrected chi connectivity index (χ2v) is 7.84. The summed E-state index contributed by atoms with van der Waals surface area (Å²) in [6.07, 6.45) is 1.57. The van der Waals surface area contributed by atoms with Crippen LogP contribution in [0.2, 0.25) is 10.0 Å². The van der Waals surface area contributed by atoms with E-state index in [2.05, 4.69) is 5.32 Å². The number of para-hydroxylation sites is 1. The molecule has 156 valence electrons. The third-order valence-corrected chi connectivity index (χ3v) is 5.16. The van der Waals surface area contributed by atoms with Crippen molar-refractivity contribution >= 4 is 40.9 Å². The average Bonchev–Trinajstić information content (AvgIpc) is 2.73. The minimum Gasteiger partial charge on any atom is -0.488 e. The summed E-state index contributed by atoms with van der Waals surface area (Å²) in [6, 6.07) is 20.0. The van der Waals surface area contributed by atoms with Crippen molar-refractivity contribution in [3.05, 3.63) is 98.5 Å². The maximum Gasteiger partial charge on any atom is 0.266 e. The van der Waals surface area contributed by atoms with E-state index in [-0.39, 0.29) is 5.57 Å². The van der Waals surface area contributed by atoms with Gasteiger partial charge in [-0.05, 0) is 73.0 Å². The maximum absolute atomic E-state index is 12.5. The zero-order chi connectivity index (χ0) is 22.4. The number of nitrogens with zero attached hydrogens (tertiary/aromatic N) is 1. The van der Waals surface area contributed by atoms with Gasteiger partial charge in [0.25, 0.3) is 5.91 Å². The summed E-state index contributed by atoms with van der Waals surface area (Å²) in [5.41, 5.74) is 3.99. The minimum absolute atomic E-state index is 0.0178. The molecular weight excluding hydrogens is 431 g/mol. The van der Waals surface area contributed by atoms with E-state index in [4.69, 9.17) is 27.9 Å². The van der Waals surface area contributed by atoms with Gasteiger partial charge in [0.15, 0.2) is 0 Å². The van der Waals surface area contributed by atoms with Crippen molar-refractivity contribution in [2.75, 3.05) is 5.32 Å². The highest BCUT2D eigenvalue weighted by molar-refractivity contribution is 6.35. The SMILES string of the molecule is Cc1cc(/C=C(\C#N)C(=O)Nc2ccccc2)cc(C)c1OCc1ccc(Cl)cc1Cl. The largest absolute Gasteiger partial charge is 0.488 e. The van der Waals surface area contributed by atoms with Gasteiger partial charge >= 0.3 is 0 Å². The fourth-order valence-corrected chi connectivity index (χ4v) is 3.58. The molecule has 3 aromatic carbocycles. The number of hydrogen-bond donors (Lipinski definition) is 1. The van der Waals surface area contributed by atoms with Crippen LogP contribution in [0.1, 0.15) is 22.3 Å². The van der Waals surface area contributed by atoms with Crippen molar-refractivity contribution < 1.29 is 9.53 Å². The second-order valence-electron chi connectivity index (χ2n) is 7.00. The van der Waals surface area contributed by atoms with Gasteiger partial charge in [-0.3, -0.25) is 4.79 Å². The first kappa shape index (κ1) is 22.4. The van der Waals surface area contributed by atoms with Crippen LogP contribution in [0.5, 0.6) is 5.75 Å². The summed E-state index contributed by atoms with van der Waals surface area (Å²) < 4.78 is 5.99. The smallest absolute Gasteiger partial charge is 0.266 e. The Kier molecular flexibility index (Phi) is 7.36. The number of anilines is 1. The minimum atomic E-state index is -0.457. The molecule has 0 unspecified atom stereocenters. The highest BCUT2D eigenvalue weighted by atomic mass is 35.5. The molecule has 0 heterocycles. The molecular formula is C25H20Cl2N2O2. The lowest BCUT2D eigenvalue weighted by Crippen LogP contribution is -2.13. The molecule has 1 N–H and O–H groups in total. The fraction of sp³-hybridized carbons (Fsp3) is 0.120.